The standard InChI is InChI=1S/C21H35N5O7/c1-26-12-15(10-19(26)29)21(31)24-11-17(27)23-6-7-32-8-9-33-13-18(28)25-16-4-2-14(3-5-16)20(22)30/h14-16H,2-13H2,1H3,(H2,22,30)(H,23,27)(H,24,31)(H,25,28). The smallest absolute Gasteiger partial charge is 0.246 e. The Kier molecular flexibility index (Phi) is 11.0. The van der Waals surface area contributed by atoms with Gasteiger partial charge in [0.25, 0.3) is 0 Å². The molecule has 12 heteroatoms. The van der Waals surface area contributed by atoms with Crippen LogP contribution in [0.2, 0.25) is 0 Å². The van der Waals surface area contributed by atoms with E-state index in [9.17, 15) is 24.0 Å². The Hall–Kier alpha value is -2.73. The van der Waals surface area contributed by atoms with Crippen molar-refractivity contribution in [1.82, 2.24) is 20.9 Å². The first kappa shape index (κ1) is 26.5. The first-order chi connectivity index (χ1) is 15.8. The maximum atomic E-state index is 12.0. The van der Waals surface area contributed by atoms with Crippen molar-refractivity contribution in [2.24, 2.45) is 17.6 Å². The molecular formula is C21H35N5O7. The minimum atomic E-state index is -0.419. The van der Waals surface area contributed by atoms with Gasteiger partial charge in [-0.15, -0.1) is 0 Å². The zero-order valence-electron chi connectivity index (χ0n) is 19.1. The van der Waals surface area contributed by atoms with Gasteiger partial charge >= 0.3 is 0 Å². The zero-order valence-corrected chi connectivity index (χ0v) is 19.1. The Morgan fingerprint density at radius 2 is 1.67 bits per heavy atom. The van der Waals surface area contributed by atoms with Crippen LogP contribution >= 0.6 is 0 Å². The summed E-state index contributed by atoms with van der Waals surface area (Å²) in [5, 5.41) is 8.04. The number of primary amides is 1. The molecule has 0 aromatic carbocycles. The van der Waals surface area contributed by atoms with E-state index in [1.165, 1.54) is 4.90 Å². The summed E-state index contributed by atoms with van der Waals surface area (Å²) in [7, 11) is 1.64. The number of rotatable bonds is 13. The third-order valence-electron chi connectivity index (χ3n) is 5.80. The molecule has 0 aromatic rings. The van der Waals surface area contributed by atoms with E-state index in [-0.39, 0.29) is 87.4 Å². The van der Waals surface area contributed by atoms with Gasteiger partial charge < -0.3 is 36.1 Å². The maximum absolute atomic E-state index is 12.0. The molecule has 0 radical (unpaired) electrons. The lowest BCUT2D eigenvalue weighted by Gasteiger charge is -2.27. The number of carbonyl (C=O) groups excluding carboxylic acids is 5. The van der Waals surface area contributed by atoms with Crippen LogP contribution in [-0.4, -0.2) is 93.6 Å². The van der Waals surface area contributed by atoms with Crippen molar-refractivity contribution >= 4 is 29.5 Å². The van der Waals surface area contributed by atoms with Crippen LogP contribution in [0.4, 0.5) is 0 Å². The van der Waals surface area contributed by atoms with E-state index in [2.05, 4.69) is 16.0 Å². The number of nitrogens with two attached hydrogens (primary N) is 1. The molecule has 1 unspecified atom stereocenters. The average molecular weight is 470 g/mol. The summed E-state index contributed by atoms with van der Waals surface area (Å²) in [6.45, 7) is 1.18. The largest absolute Gasteiger partial charge is 0.377 e. The molecule has 2 fully saturated rings. The van der Waals surface area contributed by atoms with Crippen LogP contribution in [0.5, 0.6) is 0 Å². The predicted octanol–water partition coefficient (Wildman–Crippen LogP) is -2.11. The Bertz CT molecular complexity index is 709. The topological polar surface area (TPSA) is 169 Å². The highest BCUT2D eigenvalue weighted by atomic mass is 16.5. The summed E-state index contributed by atoms with van der Waals surface area (Å²) in [4.78, 5) is 59.7. The highest BCUT2D eigenvalue weighted by Gasteiger charge is 2.32. The Balaban J connectivity index is 1.40. The molecule has 2 rings (SSSR count). The van der Waals surface area contributed by atoms with Crippen molar-refractivity contribution in [3.05, 3.63) is 0 Å². The molecule has 0 aromatic heterocycles. The van der Waals surface area contributed by atoms with Gasteiger partial charge in [0.15, 0.2) is 0 Å². The number of likely N-dealkylation sites (tertiary alicyclic amines) is 1. The monoisotopic (exact) mass is 469 g/mol. The second kappa shape index (κ2) is 13.7. The van der Waals surface area contributed by atoms with Crippen LogP contribution in [0.25, 0.3) is 0 Å². The van der Waals surface area contributed by atoms with Crippen LogP contribution in [0.15, 0.2) is 0 Å². The maximum Gasteiger partial charge on any atom is 0.246 e. The van der Waals surface area contributed by atoms with Gasteiger partial charge in [0.2, 0.25) is 29.5 Å². The molecular weight excluding hydrogens is 434 g/mol. The Morgan fingerprint density at radius 1 is 0.970 bits per heavy atom. The Morgan fingerprint density at radius 3 is 2.30 bits per heavy atom. The third kappa shape index (κ3) is 9.74. The molecule has 1 atom stereocenters. The molecule has 0 bridgehead atoms. The zero-order chi connectivity index (χ0) is 24.2. The molecule has 5 N–H and O–H groups in total. The van der Waals surface area contributed by atoms with Crippen molar-refractivity contribution in [2.45, 2.75) is 38.1 Å². The Labute approximate surface area is 193 Å². The fourth-order valence-electron chi connectivity index (χ4n) is 3.85. The van der Waals surface area contributed by atoms with Gasteiger partial charge in [-0.05, 0) is 25.7 Å². The van der Waals surface area contributed by atoms with E-state index in [1.807, 2.05) is 0 Å². The molecule has 12 nitrogen and oxygen atoms in total. The van der Waals surface area contributed by atoms with Crippen molar-refractivity contribution in [3.63, 3.8) is 0 Å². The van der Waals surface area contributed by atoms with E-state index in [0.717, 1.165) is 12.8 Å². The van der Waals surface area contributed by atoms with Crippen LogP contribution < -0.4 is 21.7 Å². The number of amides is 5. The quantitative estimate of drug-likeness (QED) is 0.224. The normalized spacial score (nSPS) is 22.6. The van der Waals surface area contributed by atoms with Crippen LogP contribution in [0.1, 0.15) is 32.1 Å². The third-order valence-corrected chi connectivity index (χ3v) is 5.80. The molecule has 5 amide bonds. The molecule has 1 heterocycles. The van der Waals surface area contributed by atoms with Gasteiger partial charge in [0.1, 0.15) is 6.61 Å². The van der Waals surface area contributed by atoms with E-state index in [4.69, 9.17) is 15.2 Å². The summed E-state index contributed by atoms with van der Waals surface area (Å²) in [5.41, 5.74) is 5.30. The van der Waals surface area contributed by atoms with Crippen molar-refractivity contribution < 1.29 is 33.4 Å². The number of ether oxygens (including phenoxy) is 2. The SMILES string of the molecule is CN1CC(C(=O)NCC(=O)NCCOCCOCC(=O)NC2CCC(C(N)=O)CC2)CC1=O. The van der Waals surface area contributed by atoms with Gasteiger partial charge in [-0.25, -0.2) is 0 Å². The lowest BCUT2D eigenvalue weighted by Crippen LogP contribution is -2.41. The number of hydrogen-bond acceptors (Lipinski definition) is 7. The van der Waals surface area contributed by atoms with E-state index in [0.29, 0.717) is 19.4 Å². The van der Waals surface area contributed by atoms with Gasteiger partial charge in [-0.2, -0.15) is 0 Å². The highest BCUT2D eigenvalue weighted by molar-refractivity contribution is 5.91. The molecule has 1 saturated carbocycles. The molecule has 1 aliphatic carbocycles. The fourth-order valence-corrected chi connectivity index (χ4v) is 3.85. The summed E-state index contributed by atoms with van der Waals surface area (Å²) >= 11 is 0. The lowest BCUT2D eigenvalue weighted by molar-refractivity contribution is -0.129. The highest BCUT2D eigenvalue weighted by Crippen LogP contribution is 2.23. The second-order valence-electron chi connectivity index (χ2n) is 8.43. The van der Waals surface area contributed by atoms with Crippen LogP contribution in [0.3, 0.4) is 0 Å². The average Bonchev–Trinajstić information content (AvgIpc) is 3.12. The van der Waals surface area contributed by atoms with Crippen molar-refractivity contribution in [1.29, 1.82) is 0 Å². The van der Waals surface area contributed by atoms with Gasteiger partial charge in [-0.1, -0.05) is 0 Å². The molecule has 2 aliphatic rings. The van der Waals surface area contributed by atoms with Crippen molar-refractivity contribution in [3.8, 4) is 0 Å². The minimum Gasteiger partial charge on any atom is -0.377 e. The van der Waals surface area contributed by atoms with Gasteiger partial charge in [0, 0.05) is 38.5 Å². The molecule has 1 aliphatic heterocycles. The summed E-state index contributed by atoms with van der Waals surface area (Å²) in [6, 6.07) is 0.0448. The molecule has 186 valence electrons. The van der Waals surface area contributed by atoms with E-state index >= 15 is 0 Å². The first-order valence-electron chi connectivity index (χ1n) is 11.3. The van der Waals surface area contributed by atoms with Gasteiger partial charge in [0.05, 0.1) is 32.3 Å². The lowest BCUT2D eigenvalue weighted by atomic mass is 9.85. The summed E-state index contributed by atoms with van der Waals surface area (Å²) in [6.07, 6.45) is 3.01. The number of carbonyl (C=O) groups is 5. The summed E-state index contributed by atoms with van der Waals surface area (Å²) in [5.74, 6) is -1.73. The van der Waals surface area contributed by atoms with Gasteiger partial charge in [-0.3, -0.25) is 24.0 Å². The van der Waals surface area contributed by atoms with Crippen LogP contribution in [-0.2, 0) is 33.4 Å². The fraction of sp³-hybridized carbons (Fsp3) is 0.762. The predicted molar refractivity (Wildman–Crippen MR) is 116 cm³/mol. The molecule has 1 saturated heterocycles. The van der Waals surface area contributed by atoms with Crippen LogP contribution in [0, 0.1) is 11.8 Å². The number of nitrogens with zero attached hydrogens (tertiary/aromatic N) is 1. The second-order valence-corrected chi connectivity index (χ2v) is 8.43. The minimum absolute atomic E-state index is 0.0448. The molecule has 0 spiro atoms. The first-order valence-corrected chi connectivity index (χ1v) is 11.3. The van der Waals surface area contributed by atoms with E-state index in [1.54, 1.807) is 7.05 Å². The summed E-state index contributed by atoms with van der Waals surface area (Å²) < 4.78 is 10.6. The number of hydrogen-bond donors (Lipinski definition) is 4. The number of nitrogens with one attached hydrogen (secondary N) is 3. The van der Waals surface area contributed by atoms with Crippen molar-refractivity contribution in [2.75, 3.05) is 53.1 Å². The molecule has 33 heavy (non-hydrogen) atoms. The van der Waals surface area contributed by atoms with E-state index < -0.39 is 5.92 Å².